The van der Waals surface area contributed by atoms with E-state index in [2.05, 4.69) is 4.72 Å². The monoisotopic (exact) mass is 302 g/mol. The van der Waals surface area contributed by atoms with Gasteiger partial charge in [-0.25, -0.2) is 13.1 Å². The van der Waals surface area contributed by atoms with Crippen molar-refractivity contribution < 1.29 is 8.42 Å². The molecular weight excluding hydrogens is 280 g/mol. The van der Waals surface area contributed by atoms with Crippen LogP contribution in [-0.2, 0) is 16.6 Å². The summed E-state index contributed by atoms with van der Waals surface area (Å²) in [5.74, 6) is 0. The summed E-state index contributed by atoms with van der Waals surface area (Å²) in [6.45, 7) is 6.65. The van der Waals surface area contributed by atoms with Crippen LogP contribution in [0.3, 0.4) is 0 Å². The summed E-state index contributed by atoms with van der Waals surface area (Å²) in [5.41, 5.74) is 7.47. The average molecular weight is 302 g/mol. The van der Waals surface area contributed by atoms with Crippen molar-refractivity contribution in [2.75, 3.05) is 12.8 Å². The number of sulfonamides is 1. The van der Waals surface area contributed by atoms with Gasteiger partial charge in [0.2, 0.25) is 10.0 Å². The molecule has 19 heavy (non-hydrogen) atoms. The number of thioether (sulfide) groups is 1. The molecule has 6 heteroatoms. The molecule has 0 atom stereocenters. The van der Waals surface area contributed by atoms with Gasteiger partial charge in [-0.2, -0.15) is 11.8 Å². The number of nitrogens with two attached hydrogens (primary N) is 1. The maximum atomic E-state index is 12.2. The maximum Gasteiger partial charge on any atom is 0.240 e. The fourth-order valence-electron chi connectivity index (χ4n) is 1.46. The van der Waals surface area contributed by atoms with Gasteiger partial charge in [0.1, 0.15) is 0 Å². The molecule has 0 aromatic heterocycles. The molecule has 0 bridgehead atoms. The molecule has 0 amide bonds. The van der Waals surface area contributed by atoms with Crippen LogP contribution in [0.2, 0.25) is 0 Å². The molecule has 0 spiro atoms. The molecule has 1 aromatic rings. The Kier molecular flexibility index (Phi) is 5.43. The largest absolute Gasteiger partial charge is 0.326 e. The van der Waals surface area contributed by atoms with Crippen LogP contribution < -0.4 is 10.5 Å². The first kappa shape index (κ1) is 16.5. The highest BCUT2D eigenvalue weighted by atomic mass is 32.2. The zero-order valence-corrected chi connectivity index (χ0v) is 13.5. The molecule has 0 heterocycles. The number of hydrogen-bond acceptors (Lipinski definition) is 4. The Bertz CT molecular complexity index is 540. The van der Waals surface area contributed by atoms with Crippen molar-refractivity contribution in [2.45, 2.75) is 37.0 Å². The third kappa shape index (κ3) is 4.49. The van der Waals surface area contributed by atoms with Crippen molar-refractivity contribution in [3.63, 3.8) is 0 Å². The number of rotatable bonds is 6. The SMILES string of the molecule is CSC(C)(C)CNS(=O)(=O)c1ccc(C)c(CN)c1. The van der Waals surface area contributed by atoms with Crippen molar-refractivity contribution in [1.29, 1.82) is 0 Å². The first-order valence-corrected chi connectivity index (χ1v) is 8.77. The topological polar surface area (TPSA) is 72.2 Å². The van der Waals surface area contributed by atoms with Crippen LogP contribution >= 0.6 is 11.8 Å². The Hall–Kier alpha value is -0.560. The van der Waals surface area contributed by atoms with Crippen LogP contribution in [0.25, 0.3) is 0 Å². The third-order valence-corrected chi connectivity index (χ3v) is 5.74. The molecule has 0 aliphatic heterocycles. The highest BCUT2D eigenvalue weighted by molar-refractivity contribution is 8.00. The van der Waals surface area contributed by atoms with Crippen molar-refractivity contribution >= 4 is 21.8 Å². The van der Waals surface area contributed by atoms with Crippen molar-refractivity contribution in [3.8, 4) is 0 Å². The molecule has 0 saturated heterocycles. The highest BCUT2D eigenvalue weighted by Crippen LogP contribution is 2.21. The number of aryl methyl sites for hydroxylation is 1. The molecule has 0 unspecified atom stereocenters. The van der Waals surface area contributed by atoms with E-state index in [1.165, 1.54) is 0 Å². The van der Waals surface area contributed by atoms with Gasteiger partial charge >= 0.3 is 0 Å². The average Bonchev–Trinajstić information content (AvgIpc) is 2.37. The summed E-state index contributed by atoms with van der Waals surface area (Å²) in [4.78, 5) is 0.274. The van der Waals surface area contributed by atoms with E-state index < -0.39 is 10.0 Å². The van der Waals surface area contributed by atoms with E-state index in [1.807, 2.05) is 27.0 Å². The number of hydrogen-bond donors (Lipinski definition) is 2. The van der Waals surface area contributed by atoms with Crippen molar-refractivity contribution in [3.05, 3.63) is 29.3 Å². The van der Waals surface area contributed by atoms with Gasteiger partial charge in [0.15, 0.2) is 0 Å². The zero-order chi connectivity index (χ0) is 14.7. The van der Waals surface area contributed by atoms with E-state index in [0.717, 1.165) is 11.1 Å². The van der Waals surface area contributed by atoms with Gasteiger partial charge in [-0.05, 0) is 50.3 Å². The quantitative estimate of drug-likeness (QED) is 0.841. The Morgan fingerprint density at radius 1 is 1.37 bits per heavy atom. The van der Waals surface area contributed by atoms with Gasteiger partial charge in [0, 0.05) is 17.8 Å². The molecule has 4 nitrogen and oxygen atoms in total. The van der Waals surface area contributed by atoms with E-state index in [0.29, 0.717) is 13.1 Å². The first-order chi connectivity index (χ1) is 8.72. The fraction of sp³-hybridized carbons (Fsp3) is 0.538. The van der Waals surface area contributed by atoms with Crippen molar-refractivity contribution in [2.24, 2.45) is 5.73 Å². The second kappa shape index (κ2) is 6.26. The van der Waals surface area contributed by atoms with Crippen LogP contribution in [0.1, 0.15) is 25.0 Å². The van der Waals surface area contributed by atoms with E-state index >= 15 is 0 Å². The lowest BCUT2D eigenvalue weighted by atomic mass is 10.1. The molecule has 0 fully saturated rings. The molecule has 0 radical (unpaired) electrons. The molecule has 108 valence electrons. The second-order valence-corrected chi connectivity index (χ2v) is 8.36. The predicted molar refractivity (Wildman–Crippen MR) is 81.9 cm³/mol. The number of benzene rings is 1. The molecule has 0 saturated carbocycles. The summed E-state index contributed by atoms with van der Waals surface area (Å²) in [5, 5.41) is 0. The van der Waals surface area contributed by atoms with Gasteiger partial charge in [-0.3, -0.25) is 0 Å². The molecule has 0 aliphatic carbocycles. The molecule has 1 rings (SSSR count). The zero-order valence-electron chi connectivity index (χ0n) is 11.9. The molecular formula is C13H22N2O2S2. The Morgan fingerprint density at radius 2 is 2.00 bits per heavy atom. The van der Waals surface area contributed by atoms with Crippen LogP contribution in [0.15, 0.2) is 23.1 Å². The summed E-state index contributed by atoms with van der Waals surface area (Å²) in [6.07, 6.45) is 1.96. The molecule has 3 N–H and O–H groups in total. The fourth-order valence-corrected chi connectivity index (χ4v) is 3.03. The minimum absolute atomic E-state index is 0.130. The smallest absolute Gasteiger partial charge is 0.240 e. The summed E-state index contributed by atoms with van der Waals surface area (Å²) in [7, 11) is -3.47. The summed E-state index contributed by atoms with van der Waals surface area (Å²) < 4.78 is 26.9. The molecule has 1 aromatic carbocycles. The predicted octanol–water partition coefficient (Wildman–Crippen LogP) is 1.87. The summed E-state index contributed by atoms with van der Waals surface area (Å²) in [6, 6.07) is 5.04. The standard InChI is InChI=1S/C13H22N2O2S2/c1-10-5-6-12(7-11(10)8-14)19(16,17)15-9-13(2,3)18-4/h5-7,15H,8-9,14H2,1-4H3. The third-order valence-electron chi connectivity index (χ3n) is 3.09. The van der Waals surface area contributed by atoms with Gasteiger partial charge in [0.25, 0.3) is 0 Å². The van der Waals surface area contributed by atoms with E-state index in [4.69, 9.17) is 5.73 Å². The first-order valence-electron chi connectivity index (χ1n) is 6.06. The van der Waals surface area contributed by atoms with Crippen LogP contribution in [0.4, 0.5) is 0 Å². The lowest BCUT2D eigenvalue weighted by Crippen LogP contribution is -2.36. The van der Waals surface area contributed by atoms with Gasteiger partial charge in [-0.1, -0.05) is 6.07 Å². The van der Waals surface area contributed by atoms with Gasteiger partial charge in [0.05, 0.1) is 4.90 Å². The minimum atomic E-state index is -3.47. The van der Waals surface area contributed by atoms with Crippen LogP contribution in [0, 0.1) is 6.92 Å². The van der Waals surface area contributed by atoms with Crippen molar-refractivity contribution in [1.82, 2.24) is 4.72 Å². The Morgan fingerprint density at radius 3 is 2.53 bits per heavy atom. The van der Waals surface area contributed by atoms with Crippen LogP contribution in [0.5, 0.6) is 0 Å². The molecule has 0 aliphatic rings. The minimum Gasteiger partial charge on any atom is -0.326 e. The maximum absolute atomic E-state index is 12.2. The lowest BCUT2D eigenvalue weighted by molar-refractivity contribution is 0.570. The van der Waals surface area contributed by atoms with Gasteiger partial charge in [-0.15, -0.1) is 0 Å². The van der Waals surface area contributed by atoms with E-state index in [9.17, 15) is 8.42 Å². The van der Waals surface area contributed by atoms with E-state index in [-0.39, 0.29) is 9.64 Å². The second-order valence-electron chi connectivity index (χ2n) is 5.08. The summed E-state index contributed by atoms with van der Waals surface area (Å²) >= 11 is 1.63. The van der Waals surface area contributed by atoms with Crippen LogP contribution in [-0.4, -0.2) is 26.0 Å². The Labute approximate surface area is 120 Å². The number of nitrogens with one attached hydrogen (secondary N) is 1. The van der Waals surface area contributed by atoms with Gasteiger partial charge < -0.3 is 5.73 Å². The Balaban J connectivity index is 2.95. The van der Waals surface area contributed by atoms with E-state index in [1.54, 1.807) is 30.0 Å². The lowest BCUT2D eigenvalue weighted by Gasteiger charge is -2.22. The highest BCUT2D eigenvalue weighted by Gasteiger charge is 2.21. The normalized spacial score (nSPS) is 12.7.